The van der Waals surface area contributed by atoms with E-state index >= 15 is 0 Å². The van der Waals surface area contributed by atoms with Crippen LogP contribution in [0.3, 0.4) is 0 Å². The van der Waals surface area contributed by atoms with Crippen molar-refractivity contribution in [3.63, 3.8) is 0 Å². The minimum Gasteiger partial charge on any atom is -0.351 e. The zero-order chi connectivity index (χ0) is 25.4. The number of carbonyl (C=O) groups is 2. The molecule has 1 aromatic heterocycles. The summed E-state index contributed by atoms with van der Waals surface area (Å²) in [5.74, 6) is 0.527. The molecule has 7 nitrogen and oxygen atoms in total. The highest BCUT2D eigenvalue weighted by Gasteiger charge is 2.35. The molecule has 0 saturated carbocycles. The largest absolute Gasteiger partial charge is 0.351 e. The van der Waals surface area contributed by atoms with Crippen molar-refractivity contribution in [3.8, 4) is 0 Å². The van der Waals surface area contributed by atoms with E-state index in [1.54, 1.807) is 4.90 Å². The molecule has 1 aliphatic carbocycles. The van der Waals surface area contributed by atoms with Gasteiger partial charge in [0, 0.05) is 65.9 Å². The highest BCUT2D eigenvalue weighted by atomic mass is 79.9. The van der Waals surface area contributed by atoms with Gasteiger partial charge in [-0.2, -0.15) is 0 Å². The van der Waals surface area contributed by atoms with E-state index in [1.807, 2.05) is 17.2 Å². The number of benzene rings is 1. The van der Waals surface area contributed by atoms with Crippen LogP contribution in [0, 0.1) is 5.92 Å². The number of fused-ring (bicyclic) bond motifs is 2. The first-order chi connectivity index (χ1) is 17.3. The van der Waals surface area contributed by atoms with Crippen LogP contribution in [0.1, 0.15) is 47.7 Å². The second-order valence-corrected chi connectivity index (χ2v) is 12.2. The van der Waals surface area contributed by atoms with Crippen molar-refractivity contribution in [2.45, 2.75) is 38.1 Å². The van der Waals surface area contributed by atoms with E-state index in [2.05, 4.69) is 48.9 Å². The maximum atomic E-state index is 13.1. The van der Waals surface area contributed by atoms with Gasteiger partial charge in [0.25, 0.3) is 0 Å². The number of urea groups is 1. The van der Waals surface area contributed by atoms with E-state index in [-0.39, 0.29) is 18.0 Å². The fourth-order valence-electron chi connectivity index (χ4n) is 5.81. The van der Waals surface area contributed by atoms with E-state index in [0.29, 0.717) is 38.5 Å². The number of likely N-dealkylation sites (tertiary alicyclic amines) is 1. The minimum absolute atomic E-state index is 0.00706. The first-order valence-corrected chi connectivity index (χ1v) is 14.4. The lowest BCUT2D eigenvalue weighted by Gasteiger charge is -2.40. The lowest BCUT2D eigenvalue weighted by atomic mass is 9.93. The number of hydrogen-bond acceptors (Lipinski definition) is 4. The van der Waals surface area contributed by atoms with Crippen molar-refractivity contribution in [1.82, 2.24) is 19.7 Å². The Bertz CT molecular complexity index is 1160. The van der Waals surface area contributed by atoms with E-state index in [1.165, 1.54) is 16.7 Å². The number of hydrogen-bond donors (Lipinski definition) is 1. The summed E-state index contributed by atoms with van der Waals surface area (Å²) in [4.78, 5) is 35.5. The molecule has 0 unspecified atom stereocenters. The van der Waals surface area contributed by atoms with Gasteiger partial charge in [-0.3, -0.25) is 14.7 Å². The lowest BCUT2D eigenvalue weighted by molar-refractivity contribution is -0.134. The molecule has 192 valence electrons. The zero-order valence-electron chi connectivity index (χ0n) is 20.1. The van der Waals surface area contributed by atoms with Crippen molar-refractivity contribution in [3.05, 3.63) is 60.7 Å². The van der Waals surface area contributed by atoms with Crippen LogP contribution in [0.2, 0.25) is 5.02 Å². The summed E-state index contributed by atoms with van der Waals surface area (Å²) >= 11 is 13.8. The smallest absolute Gasteiger partial charge is 0.314 e. The van der Waals surface area contributed by atoms with E-state index in [0.717, 1.165) is 58.4 Å². The molecule has 2 aliphatic heterocycles. The second kappa shape index (κ2) is 11.0. The third-order valence-electron chi connectivity index (χ3n) is 7.77. The standard InChI is InChI=1S/C26H30Br2ClN5O2/c27-19-12-18-2-1-17-13-20(29)14-21(28)23(17)25(24(18)31-15-19)33-9-7-32(8-10-33)22(35)11-16-3-5-34(6-4-16)26(30)36/h12-16,25H,1-11H2,(H2,30,36)/t25-/m1/s1. The molecule has 0 radical (unpaired) electrons. The molecular weight excluding hydrogens is 610 g/mol. The van der Waals surface area contributed by atoms with Crippen LogP contribution in [0.15, 0.2) is 33.3 Å². The number of aromatic nitrogens is 1. The number of amides is 3. The molecule has 0 spiro atoms. The van der Waals surface area contributed by atoms with Crippen molar-refractivity contribution in [2.24, 2.45) is 11.7 Å². The summed E-state index contributed by atoms with van der Waals surface area (Å²) < 4.78 is 1.99. The van der Waals surface area contributed by atoms with Gasteiger partial charge in [0.1, 0.15) is 0 Å². The third kappa shape index (κ3) is 5.44. The zero-order valence-corrected chi connectivity index (χ0v) is 24.0. The molecule has 5 rings (SSSR count). The van der Waals surface area contributed by atoms with Gasteiger partial charge < -0.3 is 15.5 Å². The highest BCUT2D eigenvalue weighted by Crippen LogP contribution is 2.42. The summed E-state index contributed by atoms with van der Waals surface area (Å²) in [6.07, 6.45) is 5.91. The molecule has 2 fully saturated rings. The number of carbonyl (C=O) groups excluding carboxylic acids is 2. The number of aryl methyl sites for hydroxylation is 2. The topological polar surface area (TPSA) is 82.8 Å². The maximum Gasteiger partial charge on any atom is 0.314 e. The molecule has 2 N–H and O–H groups in total. The lowest BCUT2D eigenvalue weighted by Crippen LogP contribution is -2.50. The normalized spacial score (nSPS) is 21.0. The Morgan fingerprint density at radius 3 is 2.36 bits per heavy atom. The average molecular weight is 640 g/mol. The van der Waals surface area contributed by atoms with Gasteiger partial charge in [0.2, 0.25) is 5.91 Å². The fourth-order valence-corrected chi connectivity index (χ4v) is 7.28. The van der Waals surface area contributed by atoms with Gasteiger partial charge in [0.05, 0.1) is 11.7 Å². The summed E-state index contributed by atoms with van der Waals surface area (Å²) in [6, 6.07) is 5.88. The first-order valence-electron chi connectivity index (χ1n) is 12.5. The van der Waals surface area contributed by atoms with E-state index in [4.69, 9.17) is 22.3 Å². The maximum absolute atomic E-state index is 13.1. The number of nitrogens with two attached hydrogens (primary N) is 1. The van der Waals surface area contributed by atoms with E-state index in [9.17, 15) is 9.59 Å². The Kier molecular flexibility index (Phi) is 7.91. The van der Waals surface area contributed by atoms with Gasteiger partial charge in [-0.25, -0.2) is 4.79 Å². The summed E-state index contributed by atoms with van der Waals surface area (Å²) in [6.45, 7) is 4.24. The number of piperidine rings is 1. The molecule has 0 bridgehead atoms. The van der Waals surface area contributed by atoms with Crippen LogP contribution < -0.4 is 5.73 Å². The molecule has 2 saturated heterocycles. The number of pyridine rings is 1. The van der Waals surface area contributed by atoms with Crippen LogP contribution >= 0.6 is 43.5 Å². The number of primary amides is 1. The SMILES string of the molecule is NC(=O)N1CCC(CC(=O)N2CCN([C@H]3c4ncc(Br)cc4CCc4cc(Cl)cc(Br)c43)CC2)CC1. The van der Waals surface area contributed by atoms with Gasteiger partial charge in [-0.1, -0.05) is 27.5 Å². The summed E-state index contributed by atoms with van der Waals surface area (Å²) in [5, 5.41) is 0.733. The Morgan fingerprint density at radius 2 is 1.67 bits per heavy atom. The van der Waals surface area contributed by atoms with Crippen molar-refractivity contribution >= 4 is 55.4 Å². The van der Waals surface area contributed by atoms with Crippen molar-refractivity contribution < 1.29 is 9.59 Å². The van der Waals surface area contributed by atoms with Crippen LogP contribution in [-0.4, -0.2) is 70.9 Å². The molecule has 3 amide bonds. The Labute approximate surface area is 233 Å². The Morgan fingerprint density at radius 1 is 0.972 bits per heavy atom. The molecule has 36 heavy (non-hydrogen) atoms. The Hall–Kier alpha value is -1.68. The molecule has 1 aromatic carbocycles. The van der Waals surface area contributed by atoms with E-state index < -0.39 is 0 Å². The number of halogens is 3. The van der Waals surface area contributed by atoms with Gasteiger partial charge in [-0.05, 0) is 82.4 Å². The minimum atomic E-state index is -0.367. The van der Waals surface area contributed by atoms with Crippen LogP contribution in [0.4, 0.5) is 4.79 Å². The monoisotopic (exact) mass is 637 g/mol. The Balaban J connectivity index is 1.31. The predicted molar refractivity (Wildman–Crippen MR) is 147 cm³/mol. The van der Waals surface area contributed by atoms with Gasteiger partial charge in [-0.15, -0.1) is 0 Å². The number of rotatable bonds is 3. The quantitative estimate of drug-likeness (QED) is 0.525. The van der Waals surface area contributed by atoms with Crippen LogP contribution in [0.5, 0.6) is 0 Å². The average Bonchev–Trinajstić information content (AvgIpc) is 3.01. The molecule has 1 atom stereocenters. The second-order valence-electron chi connectivity index (χ2n) is 9.95. The van der Waals surface area contributed by atoms with Gasteiger partial charge >= 0.3 is 6.03 Å². The highest BCUT2D eigenvalue weighted by molar-refractivity contribution is 9.10. The summed E-state index contributed by atoms with van der Waals surface area (Å²) in [5.41, 5.74) is 10.2. The number of nitrogens with zero attached hydrogens (tertiary/aromatic N) is 4. The van der Waals surface area contributed by atoms with Crippen LogP contribution in [0.25, 0.3) is 0 Å². The van der Waals surface area contributed by atoms with Crippen LogP contribution in [-0.2, 0) is 17.6 Å². The third-order valence-corrected chi connectivity index (χ3v) is 9.07. The van der Waals surface area contributed by atoms with Crippen molar-refractivity contribution in [1.29, 1.82) is 0 Å². The molecule has 3 aliphatic rings. The summed E-state index contributed by atoms with van der Waals surface area (Å²) in [7, 11) is 0. The first kappa shape index (κ1) is 25.9. The van der Waals surface area contributed by atoms with Crippen molar-refractivity contribution in [2.75, 3.05) is 39.3 Å². The molecular formula is C26H30Br2ClN5O2. The molecule has 10 heteroatoms. The number of piperazine rings is 1. The molecule has 3 heterocycles. The van der Waals surface area contributed by atoms with Gasteiger partial charge in [0.15, 0.2) is 0 Å². The fraction of sp³-hybridized carbons (Fsp3) is 0.500. The predicted octanol–water partition coefficient (Wildman–Crippen LogP) is 4.77. The molecule has 2 aromatic rings.